The molecule has 0 aliphatic heterocycles. The molecule has 0 saturated heterocycles. The number of benzene rings is 12. The van der Waals surface area contributed by atoms with Crippen molar-refractivity contribution < 1.29 is 28.8 Å². The summed E-state index contributed by atoms with van der Waals surface area (Å²) in [6.07, 6.45) is 6.09. The molecule has 0 aliphatic rings. The molecule has 0 atom stereocenters. The zero-order chi connectivity index (χ0) is 72.5. The highest BCUT2D eigenvalue weighted by Crippen LogP contribution is 2.18. The van der Waals surface area contributed by atoms with Crippen molar-refractivity contribution in [2.45, 2.75) is 112 Å². The fourth-order valence-electron chi connectivity index (χ4n) is 11.2. The van der Waals surface area contributed by atoms with Gasteiger partial charge in [-0.2, -0.15) is 0 Å². The summed E-state index contributed by atoms with van der Waals surface area (Å²) in [5, 5.41) is 0.661. The number of halogens is 1. The van der Waals surface area contributed by atoms with Crippen LogP contribution in [0.2, 0.25) is 5.02 Å². The Morgan fingerprint density at radius 3 is 0.598 bits per heavy atom. The normalized spacial score (nSPS) is 10.2. The molecule has 0 aromatic heterocycles. The van der Waals surface area contributed by atoms with Crippen LogP contribution in [0.1, 0.15) is 94.6 Å². The fraction of sp³-hybridized carbons (Fsp3) is 0.179. The van der Waals surface area contributed by atoms with Gasteiger partial charge in [0.1, 0.15) is 34.7 Å². The van der Waals surface area contributed by atoms with Gasteiger partial charge in [0, 0.05) is 82.1 Å². The van der Waals surface area contributed by atoms with E-state index in [2.05, 4.69) is 32.0 Å². The highest BCUT2D eigenvalue weighted by atomic mass is 35.5. The van der Waals surface area contributed by atoms with Gasteiger partial charge in [-0.3, -0.25) is 28.8 Å². The number of aryl methyl sites for hydroxylation is 5. The van der Waals surface area contributed by atoms with E-state index in [0.29, 0.717) is 82.1 Å². The Morgan fingerprint density at radius 2 is 0.373 bits per heavy atom. The van der Waals surface area contributed by atoms with Crippen LogP contribution in [0.5, 0.6) is 0 Å². The minimum atomic E-state index is 0.185. The topological polar surface area (TPSA) is 102 Å². The average Bonchev–Trinajstić information content (AvgIpc) is 0.951. The van der Waals surface area contributed by atoms with Crippen LogP contribution < -0.4 is 0 Å². The summed E-state index contributed by atoms with van der Waals surface area (Å²) in [4.78, 5) is 71.3. The molecule has 0 aliphatic carbocycles. The lowest BCUT2D eigenvalue weighted by molar-refractivity contribution is -0.118. The Balaban J connectivity index is 0.000000172. The number of carbonyl (C=O) groups is 6. The minimum Gasteiger partial charge on any atom is -0.299 e. The fourth-order valence-corrected chi connectivity index (χ4v) is 11.4. The van der Waals surface area contributed by atoms with Gasteiger partial charge in [0.15, 0.2) is 0 Å². The van der Waals surface area contributed by atoms with Gasteiger partial charge in [0.2, 0.25) is 0 Å². The Morgan fingerprint density at radius 1 is 0.186 bits per heavy atom. The summed E-state index contributed by atoms with van der Waals surface area (Å²) in [7, 11) is 0. The molecule has 0 unspecified atom stereocenters. The molecular weight excluding hydrogens is 1270 g/mol. The number of hydrogen-bond acceptors (Lipinski definition) is 6. The molecule has 0 spiro atoms. The zero-order valence-electron chi connectivity index (χ0n) is 59.5. The van der Waals surface area contributed by atoms with Crippen LogP contribution in [0.25, 0.3) is 0 Å². The SMILES string of the molecule is Cc1ccc(CC(=O)Cc2ccccc2)cc1.Cc1ccc(CC(=O)Cc2ccccc2)cc1.Cc1cccc(CC(=O)Cc2ccccc2)c1.Cc1cccc(CC(=O)Cc2ccccc2)c1.Cc1cccc(CC(=O)Cc2ccccc2)c1.O=C(Cc1ccccc1)Cc1ccccc1Cl. The summed E-state index contributed by atoms with van der Waals surface area (Å²) in [6, 6.07) is 107. The van der Waals surface area contributed by atoms with Gasteiger partial charge in [-0.25, -0.2) is 0 Å². The Bertz CT molecular complexity index is 4150. The van der Waals surface area contributed by atoms with Gasteiger partial charge in [-0.1, -0.05) is 361 Å². The van der Waals surface area contributed by atoms with Crippen molar-refractivity contribution in [1.82, 2.24) is 0 Å². The molecule has 0 heterocycles. The first kappa shape index (κ1) is 78.3. The Hall–Kier alpha value is -11.1. The molecule has 516 valence electrons. The van der Waals surface area contributed by atoms with Crippen LogP contribution >= 0.6 is 11.6 Å². The van der Waals surface area contributed by atoms with Crippen molar-refractivity contribution in [3.8, 4) is 0 Å². The molecule has 0 saturated carbocycles. The molecule has 7 heteroatoms. The lowest BCUT2D eigenvalue weighted by Crippen LogP contribution is -2.06. The molecule has 12 aromatic carbocycles. The molecule has 12 rings (SSSR count). The summed E-state index contributed by atoms with van der Waals surface area (Å²) >= 11 is 6.02. The van der Waals surface area contributed by atoms with Crippen molar-refractivity contribution in [1.29, 1.82) is 0 Å². The minimum absolute atomic E-state index is 0.185. The smallest absolute Gasteiger partial charge is 0.141 e. The first-order chi connectivity index (χ1) is 49.4. The first-order valence-electron chi connectivity index (χ1n) is 34.8. The summed E-state index contributed by atoms with van der Waals surface area (Å²) in [5.41, 5.74) is 18.9. The maximum Gasteiger partial charge on any atom is 0.141 e. The van der Waals surface area contributed by atoms with Crippen LogP contribution in [0.15, 0.2) is 328 Å². The molecule has 102 heavy (non-hydrogen) atoms. The van der Waals surface area contributed by atoms with Gasteiger partial charge in [-0.05, 0) is 107 Å². The second-order valence-corrected chi connectivity index (χ2v) is 26.2. The lowest BCUT2D eigenvalue weighted by atomic mass is 10.0. The van der Waals surface area contributed by atoms with Gasteiger partial charge in [0.25, 0.3) is 0 Å². The quantitative estimate of drug-likeness (QED) is 0.0597. The van der Waals surface area contributed by atoms with Crippen LogP contribution in [0.3, 0.4) is 0 Å². The molecule has 12 aromatic rings. The van der Waals surface area contributed by atoms with E-state index in [0.717, 1.165) is 66.8 Å². The van der Waals surface area contributed by atoms with Gasteiger partial charge in [-0.15, -0.1) is 0 Å². The van der Waals surface area contributed by atoms with E-state index in [1.807, 2.05) is 330 Å². The van der Waals surface area contributed by atoms with Gasteiger partial charge in [0.05, 0.1) is 0 Å². The van der Waals surface area contributed by atoms with Crippen LogP contribution in [0.4, 0.5) is 0 Å². The molecule has 6 nitrogen and oxygen atoms in total. The number of ketones is 6. The molecule has 0 fully saturated rings. The van der Waals surface area contributed by atoms with E-state index >= 15 is 0 Å². The monoisotopic (exact) mass is 1360 g/mol. The predicted octanol–water partition coefficient (Wildman–Crippen LogP) is 20.4. The Kier molecular flexibility index (Phi) is 33.9. The van der Waals surface area contributed by atoms with E-state index in [9.17, 15) is 28.8 Å². The summed E-state index contributed by atoms with van der Waals surface area (Å²) in [5.74, 6) is 1.51. The standard InChI is InChI=1S/5C16H16O.C15H13ClO/c3*1-13-6-5-9-15(10-13)12-16(17)11-14-7-3-2-4-8-14;2*1-13-7-9-15(10-8-13)12-16(17)11-14-5-3-2-4-6-14;16-15-9-5-4-8-13(15)11-14(17)10-12-6-2-1-3-7-12/h5*2-10H,11-12H2,1H3;1-9H,10-11H2. The number of carbonyl (C=O) groups excluding carboxylic acids is 6. The van der Waals surface area contributed by atoms with E-state index in [4.69, 9.17) is 11.6 Å². The number of Topliss-reactive ketones (excluding diaryl/α,β-unsaturated/α-hetero) is 6. The van der Waals surface area contributed by atoms with E-state index in [1.165, 1.54) is 27.8 Å². The largest absolute Gasteiger partial charge is 0.299 e. The van der Waals surface area contributed by atoms with Crippen molar-refractivity contribution >= 4 is 46.3 Å². The summed E-state index contributed by atoms with van der Waals surface area (Å²) in [6.45, 7) is 10.2. The number of hydrogen-bond donors (Lipinski definition) is 0. The van der Waals surface area contributed by atoms with Crippen LogP contribution in [0, 0.1) is 34.6 Å². The van der Waals surface area contributed by atoms with Crippen molar-refractivity contribution in [2.75, 3.05) is 0 Å². The zero-order valence-corrected chi connectivity index (χ0v) is 60.2. The third-order valence-corrected chi connectivity index (χ3v) is 16.7. The van der Waals surface area contributed by atoms with Crippen LogP contribution in [-0.4, -0.2) is 34.7 Å². The van der Waals surface area contributed by atoms with E-state index in [-0.39, 0.29) is 34.7 Å². The van der Waals surface area contributed by atoms with E-state index < -0.39 is 0 Å². The van der Waals surface area contributed by atoms with Crippen LogP contribution in [-0.2, 0) is 106 Å². The van der Waals surface area contributed by atoms with Crippen molar-refractivity contribution in [3.63, 3.8) is 0 Å². The van der Waals surface area contributed by atoms with E-state index in [1.54, 1.807) is 0 Å². The molecule has 0 amide bonds. The third kappa shape index (κ3) is 32.3. The maximum atomic E-state index is 11.9. The summed E-state index contributed by atoms with van der Waals surface area (Å²) < 4.78 is 0. The highest BCUT2D eigenvalue weighted by Gasteiger charge is 2.11. The predicted molar refractivity (Wildman–Crippen MR) is 420 cm³/mol. The second-order valence-electron chi connectivity index (χ2n) is 25.8. The number of rotatable bonds is 24. The third-order valence-electron chi connectivity index (χ3n) is 16.3. The molecule has 0 bridgehead atoms. The lowest BCUT2D eigenvalue weighted by Gasteiger charge is -2.03. The molecule has 0 N–H and O–H groups in total. The second kappa shape index (κ2) is 44.2. The average molecular weight is 1370 g/mol. The van der Waals surface area contributed by atoms with Gasteiger partial charge < -0.3 is 0 Å². The molecule has 0 radical (unpaired) electrons. The van der Waals surface area contributed by atoms with Crippen molar-refractivity contribution in [2.24, 2.45) is 0 Å². The highest BCUT2D eigenvalue weighted by molar-refractivity contribution is 6.31. The maximum absolute atomic E-state index is 11.9. The van der Waals surface area contributed by atoms with Gasteiger partial charge >= 0.3 is 0 Å². The Labute approximate surface area is 610 Å². The first-order valence-corrected chi connectivity index (χ1v) is 35.2. The van der Waals surface area contributed by atoms with Crippen molar-refractivity contribution in [3.05, 3.63) is 427 Å². The molecular formula is C95H93ClO6.